The fourth-order valence-corrected chi connectivity index (χ4v) is 3.79. The standard InChI is InChI=1S/C24H17ClN2/c25-21-9-5-8-20(15-21)24-26-22-10-3-4-11-23(22)27(24)16-17-12-13-18-6-1-2-7-19(18)14-17/h1-15H,16H2. The molecule has 5 aromatic rings. The van der Waals surface area contributed by atoms with Crippen LogP contribution in [0.25, 0.3) is 33.2 Å². The van der Waals surface area contributed by atoms with Gasteiger partial charge in [0.25, 0.3) is 0 Å². The van der Waals surface area contributed by atoms with Crippen LogP contribution in [0.4, 0.5) is 0 Å². The van der Waals surface area contributed by atoms with Gasteiger partial charge >= 0.3 is 0 Å². The Balaban J connectivity index is 1.67. The van der Waals surface area contributed by atoms with Crippen LogP contribution in [0.1, 0.15) is 5.56 Å². The van der Waals surface area contributed by atoms with Crippen LogP contribution in [0, 0.1) is 0 Å². The molecular weight excluding hydrogens is 352 g/mol. The van der Waals surface area contributed by atoms with Crippen molar-refractivity contribution in [3.8, 4) is 11.4 Å². The fraction of sp³-hybridized carbons (Fsp3) is 0.0417. The molecule has 130 valence electrons. The summed E-state index contributed by atoms with van der Waals surface area (Å²) in [6.45, 7) is 0.757. The third-order valence-corrected chi connectivity index (χ3v) is 5.13. The number of nitrogens with zero attached hydrogens (tertiary/aromatic N) is 2. The lowest BCUT2D eigenvalue weighted by atomic mass is 10.1. The summed E-state index contributed by atoms with van der Waals surface area (Å²) in [5.74, 6) is 0.937. The van der Waals surface area contributed by atoms with Crippen molar-refractivity contribution in [2.75, 3.05) is 0 Å². The Morgan fingerprint density at radius 3 is 2.44 bits per heavy atom. The van der Waals surface area contributed by atoms with Crippen molar-refractivity contribution in [3.63, 3.8) is 0 Å². The average molecular weight is 369 g/mol. The Bertz CT molecular complexity index is 1270. The zero-order valence-corrected chi connectivity index (χ0v) is 15.4. The van der Waals surface area contributed by atoms with Crippen molar-refractivity contribution in [1.82, 2.24) is 9.55 Å². The van der Waals surface area contributed by atoms with E-state index in [1.165, 1.54) is 16.3 Å². The molecule has 1 heterocycles. The molecule has 0 amide bonds. The van der Waals surface area contributed by atoms with E-state index in [2.05, 4.69) is 71.3 Å². The van der Waals surface area contributed by atoms with Gasteiger partial charge in [0.2, 0.25) is 0 Å². The second-order valence-corrected chi connectivity index (χ2v) is 7.14. The highest BCUT2D eigenvalue weighted by molar-refractivity contribution is 6.30. The van der Waals surface area contributed by atoms with Crippen LogP contribution in [-0.2, 0) is 6.54 Å². The molecule has 0 N–H and O–H groups in total. The zero-order chi connectivity index (χ0) is 18.2. The first kappa shape index (κ1) is 16.1. The number of para-hydroxylation sites is 2. The first-order chi connectivity index (χ1) is 13.3. The lowest BCUT2D eigenvalue weighted by Gasteiger charge is -2.11. The van der Waals surface area contributed by atoms with Gasteiger partial charge < -0.3 is 4.57 Å². The van der Waals surface area contributed by atoms with Gasteiger partial charge in [-0.25, -0.2) is 4.98 Å². The largest absolute Gasteiger partial charge is 0.319 e. The van der Waals surface area contributed by atoms with Crippen molar-refractivity contribution >= 4 is 33.4 Å². The predicted octanol–water partition coefficient (Wildman–Crippen LogP) is 6.56. The Hall–Kier alpha value is -3.10. The molecule has 1 aromatic heterocycles. The third-order valence-electron chi connectivity index (χ3n) is 4.89. The molecule has 27 heavy (non-hydrogen) atoms. The van der Waals surface area contributed by atoms with E-state index < -0.39 is 0 Å². The van der Waals surface area contributed by atoms with Crippen molar-refractivity contribution in [3.05, 3.63) is 102 Å². The van der Waals surface area contributed by atoms with Crippen molar-refractivity contribution in [2.24, 2.45) is 0 Å². The maximum atomic E-state index is 6.23. The Kier molecular flexibility index (Phi) is 3.92. The number of fused-ring (bicyclic) bond motifs is 2. The van der Waals surface area contributed by atoms with Crippen LogP contribution < -0.4 is 0 Å². The Morgan fingerprint density at radius 1 is 0.741 bits per heavy atom. The van der Waals surface area contributed by atoms with E-state index in [4.69, 9.17) is 16.6 Å². The molecule has 0 aliphatic carbocycles. The molecule has 0 unspecified atom stereocenters. The quantitative estimate of drug-likeness (QED) is 0.352. The summed E-state index contributed by atoms with van der Waals surface area (Å²) >= 11 is 6.23. The van der Waals surface area contributed by atoms with Crippen molar-refractivity contribution in [2.45, 2.75) is 6.54 Å². The number of hydrogen-bond acceptors (Lipinski definition) is 1. The second-order valence-electron chi connectivity index (χ2n) is 6.70. The van der Waals surface area contributed by atoms with E-state index in [1.807, 2.05) is 24.3 Å². The smallest absolute Gasteiger partial charge is 0.141 e. The summed E-state index contributed by atoms with van der Waals surface area (Å²) in [6, 6.07) is 31.2. The van der Waals surface area contributed by atoms with Gasteiger partial charge in [-0.2, -0.15) is 0 Å². The van der Waals surface area contributed by atoms with Gasteiger partial charge in [-0.1, -0.05) is 72.3 Å². The second kappa shape index (κ2) is 6.57. The molecule has 0 radical (unpaired) electrons. The molecule has 0 saturated heterocycles. The average Bonchev–Trinajstić information content (AvgIpc) is 3.06. The van der Waals surface area contributed by atoms with Crippen molar-refractivity contribution < 1.29 is 0 Å². The first-order valence-corrected chi connectivity index (χ1v) is 9.35. The van der Waals surface area contributed by atoms with Crippen LogP contribution in [0.2, 0.25) is 5.02 Å². The van der Waals surface area contributed by atoms with Gasteiger partial charge in [0.15, 0.2) is 0 Å². The third kappa shape index (κ3) is 2.98. The molecule has 0 saturated carbocycles. The molecule has 0 atom stereocenters. The van der Waals surface area contributed by atoms with Gasteiger partial charge in [0, 0.05) is 17.1 Å². The molecule has 0 bridgehead atoms. The first-order valence-electron chi connectivity index (χ1n) is 8.97. The van der Waals surface area contributed by atoms with E-state index in [1.54, 1.807) is 0 Å². The summed E-state index contributed by atoms with van der Waals surface area (Å²) < 4.78 is 2.27. The fourth-order valence-electron chi connectivity index (χ4n) is 3.60. The molecule has 4 aromatic carbocycles. The SMILES string of the molecule is Clc1cccc(-c2nc3ccccc3n2Cc2ccc3ccccc3c2)c1. The Labute approximate surface area is 162 Å². The minimum Gasteiger partial charge on any atom is -0.319 e. The van der Waals surface area contributed by atoms with E-state index in [-0.39, 0.29) is 0 Å². The van der Waals surface area contributed by atoms with Gasteiger partial charge in [-0.15, -0.1) is 0 Å². The number of hydrogen-bond donors (Lipinski definition) is 0. The molecule has 3 heteroatoms. The van der Waals surface area contributed by atoms with Crippen LogP contribution in [0.5, 0.6) is 0 Å². The summed E-state index contributed by atoms with van der Waals surface area (Å²) in [5.41, 5.74) is 4.40. The predicted molar refractivity (Wildman–Crippen MR) is 113 cm³/mol. The van der Waals surface area contributed by atoms with E-state index >= 15 is 0 Å². The van der Waals surface area contributed by atoms with Gasteiger partial charge in [-0.05, 0) is 46.7 Å². The lowest BCUT2D eigenvalue weighted by molar-refractivity contribution is 0.835. The van der Waals surface area contributed by atoms with Crippen LogP contribution in [0.15, 0.2) is 91.0 Å². The highest BCUT2D eigenvalue weighted by Gasteiger charge is 2.13. The topological polar surface area (TPSA) is 17.8 Å². The minimum absolute atomic E-state index is 0.719. The number of halogens is 1. The summed E-state index contributed by atoms with van der Waals surface area (Å²) in [7, 11) is 0. The molecule has 0 aliphatic heterocycles. The minimum atomic E-state index is 0.719. The molecule has 0 aliphatic rings. The number of rotatable bonds is 3. The molecule has 2 nitrogen and oxygen atoms in total. The number of aromatic nitrogens is 2. The van der Waals surface area contributed by atoms with Gasteiger partial charge in [0.05, 0.1) is 11.0 Å². The maximum Gasteiger partial charge on any atom is 0.141 e. The maximum absolute atomic E-state index is 6.23. The van der Waals surface area contributed by atoms with Crippen molar-refractivity contribution in [1.29, 1.82) is 0 Å². The van der Waals surface area contributed by atoms with Gasteiger partial charge in [-0.3, -0.25) is 0 Å². The normalized spacial score (nSPS) is 11.3. The number of imidazole rings is 1. The summed E-state index contributed by atoms with van der Waals surface area (Å²) in [4.78, 5) is 4.89. The van der Waals surface area contributed by atoms with E-state index in [9.17, 15) is 0 Å². The van der Waals surface area contributed by atoms with E-state index in [0.717, 1.165) is 34.0 Å². The summed E-state index contributed by atoms with van der Waals surface area (Å²) in [5, 5.41) is 3.23. The zero-order valence-electron chi connectivity index (χ0n) is 14.6. The number of benzene rings is 4. The molecular formula is C24H17ClN2. The highest BCUT2D eigenvalue weighted by atomic mass is 35.5. The molecule has 0 spiro atoms. The van der Waals surface area contributed by atoms with E-state index in [0.29, 0.717) is 0 Å². The van der Waals surface area contributed by atoms with Crippen LogP contribution >= 0.6 is 11.6 Å². The molecule has 5 rings (SSSR count). The van der Waals surface area contributed by atoms with Gasteiger partial charge in [0.1, 0.15) is 5.82 Å². The van der Waals surface area contributed by atoms with Crippen LogP contribution in [0.3, 0.4) is 0 Å². The lowest BCUT2D eigenvalue weighted by Crippen LogP contribution is -2.02. The Morgan fingerprint density at radius 2 is 1.56 bits per heavy atom. The van der Waals surface area contributed by atoms with Crippen LogP contribution in [-0.4, -0.2) is 9.55 Å². The monoisotopic (exact) mass is 368 g/mol. The summed E-state index contributed by atoms with van der Waals surface area (Å²) in [6.07, 6.45) is 0. The molecule has 0 fully saturated rings. The highest BCUT2D eigenvalue weighted by Crippen LogP contribution is 2.28.